The lowest BCUT2D eigenvalue weighted by molar-refractivity contribution is -0.116. The number of allylic oxidation sites excluding steroid dienone is 3. The number of Topliss-reactive ketones (excluding diaryl/α,β-unsaturated/α-hetero) is 1. The highest BCUT2D eigenvalue weighted by Gasteiger charge is 2.42. The SMILES string of the molecule is CC(C)(C)c1ccc([C@@H]2C(C#N)=C(N)N(c3c(F)cccc3F)C3=C2C(=O)CCC3)s1. The third-order valence-electron chi connectivity index (χ3n) is 5.72. The molecule has 2 aromatic rings. The van der Waals surface area contributed by atoms with E-state index in [1.54, 1.807) is 0 Å². The molecule has 2 heterocycles. The van der Waals surface area contributed by atoms with Gasteiger partial charge in [0.1, 0.15) is 23.1 Å². The summed E-state index contributed by atoms with van der Waals surface area (Å²) in [6, 6.07) is 9.61. The molecule has 31 heavy (non-hydrogen) atoms. The van der Waals surface area contributed by atoms with Gasteiger partial charge in [0.05, 0.1) is 17.6 Å². The molecule has 0 spiro atoms. The minimum absolute atomic E-state index is 0.0318. The number of halogens is 2. The van der Waals surface area contributed by atoms with Crippen molar-refractivity contribution in [1.82, 2.24) is 0 Å². The minimum Gasteiger partial charge on any atom is -0.384 e. The zero-order chi connectivity index (χ0) is 22.5. The van der Waals surface area contributed by atoms with Crippen molar-refractivity contribution in [2.75, 3.05) is 4.90 Å². The number of ketones is 1. The molecular weight excluding hydrogens is 416 g/mol. The van der Waals surface area contributed by atoms with Crippen LogP contribution in [0.15, 0.2) is 53.0 Å². The number of hydrogen-bond acceptors (Lipinski definition) is 5. The molecule has 0 bridgehead atoms. The fourth-order valence-corrected chi connectivity index (χ4v) is 5.43. The van der Waals surface area contributed by atoms with Crippen LogP contribution in [0, 0.1) is 23.0 Å². The first-order valence-corrected chi connectivity index (χ1v) is 11.0. The van der Waals surface area contributed by atoms with Crippen molar-refractivity contribution in [2.24, 2.45) is 5.73 Å². The van der Waals surface area contributed by atoms with E-state index < -0.39 is 17.6 Å². The van der Waals surface area contributed by atoms with E-state index in [-0.39, 0.29) is 28.3 Å². The lowest BCUT2D eigenvalue weighted by atomic mass is 9.78. The molecule has 0 saturated carbocycles. The summed E-state index contributed by atoms with van der Waals surface area (Å²) in [6.45, 7) is 6.29. The summed E-state index contributed by atoms with van der Waals surface area (Å²) in [6.07, 6.45) is 1.34. The third kappa shape index (κ3) is 3.45. The van der Waals surface area contributed by atoms with Gasteiger partial charge >= 0.3 is 0 Å². The summed E-state index contributed by atoms with van der Waals surface area (Å²) >= 11 is 1.53. The van der Waals surface area contributed by atoms with Crippen LogP contribution in [0.5, 0.6) is 0 Å². The number of rotatable bonds is 2. The Morgan fingerprint density at radius 2 is 1.84 bits per heavy atom. The monoisotopic (exact) mass is 439 g/mol. The molecule has 0 unspecified atom stereocenters. The Labute approximate surface area is 184 Å². The third-order valence-corrected chi connectivity index (χ3v) is 7.30. The number of thiophene rings is 1. The van der Waals surface area contributed by atoms with E-state index in [1.165, 1.54) is 22.3 Å². The Balaban J connectivity index is 1.98. The maximum absolute atomic E-state index is 14.7. The van der Waals surface area contributed by atoms with Crippen molar-refractivity contribution >= 4 is 22.8 Å². The van der Waals surface area contributed by atoms with Gasteiger partial charge in [0.25, 0.3) is 0 Å². The topological polar surface area (TPSA) is 70.1 Å². The number of nitrogens with zero attached hydrogens (tertiary/aromatic N) is 2. The van der Waals surface area contributed by atoms with Crippen molar-refractivity contribution in [3.05, 3.63) is 74.4 Å². The number of carbonyl (C=O) groups excluding carboxylic acids is 1. The molecule has 2 N–H and O–H groups in total. The molecule has 0 saturated heterocycles. The van der Waals surface area contributed by atoms with Crippen molar-refractivity contribution in [1.29, 1.82) is 5.26 Å². The number of nitriles is 1. The average molecular weight is 440 g/mol. The van der Waals surface area contributed by atoms with E-state index in [9.17, 15) is 18.8 Å². The number of benzene rings is 1. The van der Waals surface area contributed by atoms with E-state index in [2.05, 4.69) is 26.8 Å². The first-order chi connectivity index (χ1) is 14.6. The molecule has 1 aromatic carbocycles. The summed E-state index contributed by atoms with van der Waals surface area (Å²) in [5, 5.41) is 10.0. The maximum atomic E-state index is 14.7. The van der Waals surface area contributed by atoms with E-state index in [0.717, 1.165) is 21.9 Å². The minimum atomic E-state index is -0.797. The van der Waals surface area contributed by atoms with Crippen LogP contribution in [-0.2, 0) is 10.2 Å². The standard InChI is InChI=1S/C24H23F2N3OS/c1-24(2,3)19-11-10-18(31-19)20-13(12-27)23(28)29(16-8-5-9-17(30)21(16)20)22-14(25)6-4-7-15(22)26/h4,6-7,10-11,20H,5,8-9,28H2,1-3H3/t20-/m0/s1. The van der Waals surface area contributed by atoms with Crippen LogP contribution in [0.4, 0.5) is 14.5 Å². The smallest absolute Gasteiger partial charge is 0.161 e. The van der Waals surface area contributed by atoms with Crippen molar-refractivity contribution < 1.29 is 13.6 Å². The summed E-state index contributed by atoms with van der Waals surface area (Å²) < 4.78 is 29.4. The molecule has 0 radical (unpaired) electrons. The van der Waals surface area contributed by atoms with Gasteiger partial charge < -0.3 is 5.73 Å². The fraction of sp³-hybridized carbons (Fsp3) is 0.333. The lowest BCUT2D eigenvalue weighted by Crippen LogP contribution is -2.39. The molecule has 2 aliphatic rings. The Morgan fingerprint density at radius 3 is 2.42 bits per heavy atom. The molecule has 0 fully saturated rings. The van der Waals surface area contributed by atoms with Gasteiger partial charge in [-0.05, 0) is 42.5 Å². The number of para-hydroxylation sites is 1. The highest BCUT2D eigenvalue weighted by atomic mass is 32.1. The normalized spacial score (nSPS) is 19.5. The van der Waals surface area contributed by atoms with E-state index >= 15 is 0 Å². The lowest BCUT2D eigenvalue weighted by Gasteiger charge is -2.39. The zero-order valence-corrected chi connectivity index (χ0v) is 18.4. The zero-order valence-electron chi connectivity index (χ0n) is 17.6. The first-order valence-electron chi connectivity index (χ1n) is 10.2. The molecule has 7 heteroatoms. The van der Waals surface area contributed by atoms with Gasteiger partial charge in [0, 0.05) is 27.4 Å². The van der Waals surface area contributed by atoms with E-state index in [1.807, 2.05) is 12.1 Å². The summed E-state index contributed by atoms with van der Waals surface area (Å²) in [5.74, 6) is -2.36. The van der Waals surface area contributed by atoms with Crippen molar-refractivity contribution in [3.63, 3.8) is 0 Å². The van der Waals surface area contributed by atoms with Crippen LogP contribution in [0.1, 0.15) is 55.7 Å². The van der Waals surface area contributed by atoms with Crippen LogP contribution in [-0.4, -0.2) is 5.78 Å². The van der Waals surface area contributed by atoms with E-state index in [0.29, 0.717) is 30.5 Å². The van der Waals surface area contributed by atoms with Crippen LogP contribution in [0.25, 0.3) is 0 Å². The largest absolute Gasteiger partial charge is 0.384 e. The number of nitrogens with two attached hydrogens (primary N) is 1. The molecule has 1 atom stereocenters. The predicted octanol–water partition coefficient (Wildman–Crippen LogP) is 5.63. The average Bonchev–Trinajstić information content (AvgIpc) is 3.19. The maximum Gasteiger partial charge on any atom is 0.161 e. The second-order valence-corrected chi connectivity index (χ2v) is 9.95. The molecular formula is C24H23F2N3OS. The number of carbonyl (C=O) groups is 1. The second kappa shape index (κ2) is 7.61. The molecule has 160 valence electrons. The van der Waals surface area contributed by atoms with Gasteiger partial charge in [-0.1, -0.05) is 26.8 Å². The van der Waals surface area contributed by atoms with Crippen LogP contribution in [0.3, 0.4) is 0 Å². The molecule has 4 nitrogen and oxygen atoms in total. The van der Waals surface area contributed by atoms with Gasteiger partial charge in [-0.2, -0.15) is 5.26 Å². The summed E-state index contributed by atoms with van der Waals surface area (Å²) in [4.78, 5) is 16.3. The number of anilines is 1. The van der Waals surface area contributed by atoms with Gasteiger partial charge in [-0.15, -0.1) is 11.3 Å². The highest BCUT2D eigenvalue weighted by molar-refractivity contribution is 7.12. The van der Waals surface area contributed by atoms with Gasteiger partial charge in [0.15, 0.2) is 5.78 Å². The Hall–Kier alpha value is -2.98. The van der Waals surface area contributed by atoms with Gasteiger partial charge in [-0.3, -0.25) is 9.69 Å². The summed E-state index contributed by atoms with van der Waals surface area (Å²) in [7, 11) is 0. The molecule has 1 aliphatic heterocycles. The molecule has 1 aromatic heterocycles. The fourth-order valence-electron chi connectivity index (χ4n) is 4.24. The van der Waals surface area contributed by atoms with Crippen LogP contribution in [0.2, 0.25) is 0 Å². The quantitative estimate of drug-likeness (QED) is 0.658. The molecule has 1 aliphatic carbocycles. The van der Waals surface area contributed by atoms with Crippen LogP contribution >= 0.6 is 11.3 Å². The Kier molecular flexibility index (Phi) is 5.22. The molecule has 4 rings (SSSR count). The summed E-state index contributed by atoms with van der Waals surface area (Å²) in [5.41, 5.74) is 6.98. The molecule has 0 amide bonds. The number of hydrogen-bond donors (Lipinski definition) is 1. The van der Waals surface area contributed by atoms with Crippen molar-refractivity contribution in [2.45, 2.75) is 51.4 Å². The Morgan fingerprint density at radius 1 is 1.16 bits per heavy atom. The highest BCUT2D eigenvalue weighted by Crippen LogP contribution is 2.49. The van der Waals surface area contributed by atoms with Gasteiger partial charge in [0.2, 0.25) is 0 Å². The second-order valence-electron chi connectivity index (χ2n) is 8.84. The Bertz CT molecular complexity index is 1160. The van der Waals surface area contributed by atoms with Crippen LogP contribution < -0.4 is 10.6 Å². The predicted molar refractivity (Wildman–Crippen MR) is 117 cm³/mol. The van der Waals surface area contributed by atoms with Gasteiger partial charge in [-0.25, -0.2) is 8.78 Å². The van der Waals surface area contributed by atoms with Crippen molar-refractivity contribution in [3.8, 4) is 6.07 Å². The first kappa shape index (κ1) is 21.3. The van der Waals surface area contributed by atoms with E-state index in [4.69, 9.17) is 5.73 Å².